The second-order valence-electron chi connectivity index (χ2n) is 5.16. The normalized spacial score (nSPS) is 11.1. The van der Waals surface area contributed by atoms with E-state index in [2.05, 4.69) is 15.7 Å². The number of hydrogen-bond acceptors (Lipinski definition) is 4. The number of nitrogens with one attached hydrogen (secondary N) is 2. The molecule has 0 aliphatic heterocycles. The van der Waals surface area contributed by atoms with E-state index < -0.39 is 0 Å². The summed E-state index contributed by atoms with van der Waals surface area (Å²) in [6.07, 6.45) is 0. The molecule has 7 heteroatoms. The maximum absolute atomic E-state index is 13.1. The zero-order valence-corrected chi connectivity index (χ0v) is 13.7. The number of nitrogens with zero attached hydrogens (tertiary/aromatic N) is 2. The van der Waals surface area contributed by atoms with E-state index in [9.17, 15) is 9.18 Å². The first-order valence-corrected chi connectivity index (χ1v) is 8.09. The monoisotopic (exact) mass is 332 g/mol. The molecule has 3 aromatic rings. The van der Waals surface area contributed by atoms with Crippen LogP contribution in [0.25, 0.3) is 15.9 Å². The van der Waals surface area contributed by atoms with Crippen molar-refractivity contribution in [3.05, 3.63) is 46.7 Å². The fraction of sp³-hybridized carbons (Fsp3) is 0.250. The molecule has 2 aromatic heterocycles. The van der Waals surface area contributed by atoms with Crippen LogP contribution in [0.3, 0.4) is 0 Å². The molecule has 1 amide bonds. The summed E-state index contributed by atoms with van der Waals surface area (Å²) < 4.78 is 14.8. The summed E-state index contributed by atoms with van der Waals surface area (Å²) in [7, 11) is 1.84. The highest BCUT2D eigenvalue weighted by molar-refractivity contribution is 7.20. The van der Waals surface area contributed by atoms with Crippen LogP contribution < -0.4 is 10.6 Å². The van der Waals surface area contributed by atoms with Gasteiger partial charge in [-0.05, 0) is 44.3 Å². The molecule has 0 saturated carbocycles. The third-order valence-corrected chi connectivity index (χ3v) is 4.61. The molecule has 0 saturated heterocycles. The fourth-order valence-corrected chi connectivity index (χ4v) is 3.40. The van der Waals surface area contributed by atoms with Crippen molar-refractivity contribution in [1.82, 2.24) is 20.4 Å². The lowest BCUT2D eigenvalue weighted by molar-refractivity contribution is 0.0958. The van der Waals surface area contributed by atoms with Crippen molar-refractivity contribution in [2.75, 3.05) is 20.1 Å². The third-order valence-electron chi connectivity index (χ3n) is 3.50. The van der Waals surface area contributed by atoms with Gasteiger partial charge in [-0.25, -0.2) is 9.07 Å². The second kappa shape index (κ2) is 6.47. The van der Waals surface area contributed by atoms with Gasteiger partial charge in [-0.15, -0.1) is 11.3 Å². The Bertz CT molecular complexity index is 838. The number of hydrogen-bond donors (Lipinski definition) is 2. The van der Waals surface area contributed by atoms with Crippen LogP contribution in [0.15, 0.2) is 30.3 Å². The lowest BCUT2D eigenvalue weighted by Crippen LogP contribution is -2.29. The number of carbonyl (C=O) groups is 1. The minimum atomic E-state index is -0.287. The maximum atomic E-state index is 13.1. The van der Waals surface area contributed by atoms with Crippen LogP contribution in [0.2, 0.25) is 0 Å². The highest BCUT2D eigenvalue weighted by Crippen LogP contribution is 2.30. The number of likely N-dealkylation sites (N-methyl/N-ethyl adjacent to an activating group) is 1. The summed E-state index contributed by atoms with van der Waals surface area (Å²) in [6, 6.07) is 8.01. The summed E-state index contributed by atoms with van der Waals surface area (Å²) in [6.45, 7) is 3.20. The number of carbonyl (C=O) groups excluding carboxylic acids is 1. The average molecular weight is 332 g/mol. The van der Waals surface area contributed by atoms with Crippen molar-refractivity contribution in [2.45, 2.75) is 6.92 Å². The third kappa shape index (κ3) is 3.11. The first kappa shape index (κ1) is 15.6. The van der Waals surface area contributed by atoms with Crippen LogP contribution in [0.1, 0.15) is 15.4 Å². The topological polar surface area (TPSA) is 58.9 Å². The van der Waals surface area contributed by atoms with Crippen LogP contribution in [-0.4, -0.2) is 35.8 Å². The van der Waals surface area contributed by atoms with E-state index in [0.29, 0.717) is 11.4 Å². The second-order valence-corrected chi connectivity index (χ2v) is 6.19. The van der Waals surface area contributed by atoms with Crippen molar-refractivity contribution in [3.8, 4) is 5.69 Å². The molecular formula is C16H17FN4OS. The van der Waals surface area contributed by atoms with E-state index in [4.69, 9.17) is 0 Å². The van der Waals surface area contributed by atoms with Gasteiger partial charge in [-0.3, -0.25) is 4.79 Å². The highest BCUT2D eigenvalue weighted by atomic mass is 32.1. The van der Waals surface area contributed by atoms with E-state index >= 15 is 0 Å². The predicted octanol–water partition coefficient (Wildman–Crippen LogP) is 2.48. The van der Waals surface area contributed by atoms with Gasteiger partial charge in [-0.1, -0.05) is 0 Å². The van der Waals surface area contributed by atoms with Crippen molar-refractivity contribution in [3.63, 3.8) is 0 Å². The molecular weight excluding hydrogens is 315 g/mol. The van der Waals surface area contributed by atoms with Crippen molar-refractivity contribution in [2.24, 2.45) is 0 Å². The zero-order chi connectivity index (χ0) is 16.4. The molecule has 5 nitrogen and oxygen atoms in total. The van der Waals surface area contributed by atoms with E-state index in [0.717, 1.165) is 28.1 Å². The quantitative estimate of drug-likeness (QED) is 0.706. The van der Waals surface area contributed by atoms with Gasteiger partial charge in [-0.2, -0.15) is 5.10 Å². The molecule has 0 aliphatic carbocycles. The standard InChI is InChI=1S/C16H17FN4OS/c1-10-13-9-14(15(22)19-8-7-18-2)23-16(13)21(20-10)12-5-3-11(17)4-6-12/h3-6,9,18H,7-8H2,1-2H3,(H,19,22). The number of thiophene rings is 1. The summed E-state index contributed by atoms with van der Waals surface area (Å²) >= 11 is 1.38. The first-order valence-electron chi connectivity index (χ1n) is 7.28. The van der Waals surface area contributed by atoms with Gasteiger partial charge in [0, 0.05) is 18.5 Å². The van der Waals surface area contributed by atoms with Crippen LogP contribution in [0, 0.1) is 12.7 Å². The van der Waals surface area contributed by atoms with Crippen molar-refractivity contribution >= 4 is 27.5 Å². The Labute approximate surface area is 137 Å². The van der Waals surface area contributed by atoms with Crippen molar-refractivity contribution in [1.29, 1.82) is 0 Å². The Morgan fingerprint density at radius 2 is 2.04 bits per heavy atom. The van der Waals surface area contributed by atoms with Crippen LogP contribution in [0.4, 0.5) is 4.39 Å². The van der Waals surface area contributed by atoms with E-state index in [1.165, 1.54) is 23.5 Å². The molecule has 3 rings (SSSR count). The Morgan fingerprint density at radius 3 is 2.74 bits per heavy atom. The van der Waals surface area contributed by atoms with Gasteiger partial charge in [0.15, 0.2) is 0 Å². The summed E-state index contributed by atoms with van der Waals surface area (Å²) in [5.41, 5.74) is 1.61. The van der Waals surface area contributed by atoms with Crippen LogP contribution >= 0.6 is 11.3 Å². The minimum absolute atomic E-state index is 0.0912. The van der Waals surface area contributed by atoms with Gasteiger partial charge in [0.2, 0.25) is 0 Å². The molecule has 2 heterocycles. The van der Waals surface area contributed by atoms with Crippen molar-refractivity contribution < 1.29 is 9.18 Å². The number of benzene rings is 1. The average Bonchev–Trinajstić information content (AvgIpc) is 3.10. The SMILES string of the molecule is CNCCNC(=O)c1cc2c(C)nn(-c3ccc(F)cc3)c2s1. The zero-order valence-electron chi connectivity index (χ0n) is 12.9. The minimum Gasteiger partial charge on any atom is -0.350 e. The van der Waals surface area contributed by atoms with Gasteiger partial charge >= 0.3 is 0 Å². The van der Waals surface area contributed by atoms with E-state index in [-0.39, 0.29) is 11.7 Å². The molecule has 0 fully saturated rings. The number of fused-ring (bicyclic) bond motifs is 1. The smallest absolute Gasteiger partial charge is 0.261 e. The van der Waals surface area contributed by atoms with E-state index in [1.807, 2.05) is 20.0 Å². The molecule has 0 spiro atoms. The van der Waals surface area contributed by atoms with Gasteiger partial charge in [0.1, 0.15) is 10.6 Å². The summed E-state index contributed by atoms with van der Waals surface area (Å²) in [5.74, 6) is -0.379. The molecule has 0 bridgehead atoms. The Balaban J connectivity index is 1.95. The number of rotatable bonds is 5. The molecule has 0 atom stereocenters. The molecule has 23 heavy (non-hydrogen) atoms. The molecule has 2 N–H and O–H groups in total. The molecule has 0 radical (unpaired) electrons. The highest BCUT2D eigenvalue weighted by Gasteiger charge is 2.16. The van der Waals surface area contributed by atoms with Gasteiger partial charge < -0.3 is 10.6 Å². The maximum Gasteiger partial charge on any atom is 0.261 e. The molecule has 0 aliphatic rings. The number of aryl methyl sites for hydroxylation is 1. The van der Waals surface area contributed by atoms with Crippen LogP contribution in [-0.2, 0) is 0 Å². The lowest BCUT2D eigenvalue weighted by Gasteiger charge is -2.03. The Kier molecular flexibility index (Phi) is 4.40. The van der Waals surface area contributed by atoms with Gasteiger partial charge in [0.25, 0.3) is 5.91 Å². The summed E-state index contributed by atoms with van der Waals surface area (Å²) in [4.78, 5) is 13.7. The molecule has 120 valence electrons. The Morgan fingerprint density at radius 1 is 1.30 bits per heavy atom. The predicted molar refractivity (Wildman–Crippen MR) is 89.9 cm³/mol. The fourth-order valence-electron chi connectivity index (χ4n) is 2.30. The Hall–Kier alpha value is -2.25. The summed E-state index contributed by atoms with van der Waals surface area (Å²) in [5, 5.41) is 11.3. The van der Waals surface area contributed by atoms with Crippen LogP contribution in [0.5, 0.6) is 0 Å². The lowest BCUT2D eigenvalue weighted by atomic mass is 10.3. The van der Waals surface area contributed by atoms with Gasteiger partial charge in [0.05, 0.1) is 16.3 Å². The number of aromatic nitrogens is 2. The first-order chi connectivity index (χ1) is 11.1. The largest absolute Gasteiger partial charge is 0.350 e. The number of amides is 1. The molecule has 0 unspecified atom stereocenters. The molecule has 1 aromatic carbocycles. The number of halogens is 1. The van der Waals surface area contributed by atoms with E-state index in [1.54, 1.807) is 16.8 Å².